The molecule has 1 unspecified atom stereocenters. The molecule has 0 aromatic heterocycles. The maximum Gasteiger partial charge on any atom is 0.104 e. The lowest BCUT2D eigenvalue weighted by atomic mass is 10.1. The van der Waals surface area contributed by atoms with Crippen molar-refractivity contribution in [2.75, 3.05) is 24.0 Å². The second-order valence-electron chi connectivity index (χ2n) is 4.16. The Labute approximate surface area is 127 Å². The molecule has 1 aromatic rings. The summed E-state index contributed by atoms with van der Waals surface area (Å²) >= 11 is 10.5. The number of thioether (sulfide) groups is 1. The third kappa shape index (κ3) is 3.87. The van der Waals surface area contributed by atoms with Gasteiger partial charge in [-0.3, -0.25) is 0 Å². The maximum atomic E-state index is 5.64. The Kier molecular flexibility index (Phi) is 6.46. The molecule has 2 N–H and O–H groups in total. The summed E-state index contributed by atoms with van der Waals surface area (Å²) in [6.07, 6.45) is 3.27. The smallest absolute Gasteiger partial charge is 0.104 e. The van der Waals surface area contributed by atoms with E-state index in [-0.39, 0.29) is 0 Å². The Morgan fingerprint density at radius 3 is 2.67 bits per heavy atom. The van der Waals surface area contributed by atoms with Crippen molar-refractivity contribution in [3.8, 4) is 0 Å². The van der Waals surface area contributed by atoms with Crippen molar-refractivity contribution in [2.24, 2.45) is 5.73 Å². The van der Waals surface area contributed by atoms with Crippen LogP contribution in [0.1, 0.15) is 18.9 Å². The normalized spacial score (nSPS) is 12.2. The lowest BCUT2D eigenvalue weighted by Gasteiger charge is -2.30. The highest BCUT2D eigenvalue weighted by atomic mass is 79.9. The van der Waals surface area contributed by atoms with E-state index in [0.717, 1.165) is 22.2 Å². The minimum absolute atomic E-state index is 0.432. The van der Waals surface area contributed by atoms with E-state index in [0.29, 0.717) is 11.0 Å². The number of benzene rings is 1. The Balaban J connectivity index is 2.98. The predicted molar refractivity (Wildman–Crippen MR) is 90.9 cm³/mol. The van der Waals surface area contributed by atoms with Crippen LogP contribution in [0.25, 0.3) is 0 Å². The average molecular weight is 347 g/mol. The second kappa shape index (κ2) is 7.36. The predicted octanol–water partition coefficient (Wildman–Crippen LogP) is 3.66. The molecule has 1 atom stereocenters. The topological polar surface area (TPSA) is 29.3 Å². The van der Waals surface area contributed by atoms with E-state index in [1.807, 2.05) is 23.9 Å². The van der Waals surface area contributed by atoms with Crippen LogP contribution in [0.5, 0.6) is 0 Å². The number of hydrogen-bond acceptors (Lipinski definition) is 3. The van der Waals surface area contributed by atoms with Crippen LogP contribution in [0.2, 0.25) is 0 Å². The number of rotatable bonds is 6. The fourth-order valence-corrected chi connectivity index (χ4v) is 3.47. The highest BCUT2D eigenvalue weighted by Gasteiger charge is 2.15. The molecule has 0 aliphatic heterocycles. The molecule has 2 nitrogen and oxygen atoms in total. The van der Waals surface area contributed by atoms with Crippen LogP contribution in [0.3, 0.4) is 0 Å². The molecule has 100 valence electrons. The summed E-state index contributed by atoms with van der Waals surface area (Å²) < 4.78 is 1.04. The third-order valence-electron chi connectivity index (χ3n) is 2.99. The van der Waals surface area contributed by atoms with Crippen molar-refractivity contribution in [1.29, 1.82) is 0 Å². The molecule has 0 aliphatic carbocycles. The first-order valence-corrected chi connectivity index (χ1v) is 8.41. The van der Waals surface area contributed by atoms with Gasteiger partial charge in [0.2, 0.25) is 0 Å². The van der Waals surface area contributed by atoms with Gasteiger partial charge >= 0.3 is 0 Å². The van der Waals surface area contributed by atoms with E-state index in [1.165, 1.54) is 5.69 Å². The van der Waals surface area contributed by atoms with Crippen molar-refractivity contribution in [3.63, 3.8) is 0 Å². The van der Waals surface area contributed by atoms with Gasteiger partial charge in [0.05, 0.1) is 5.69 Å². The number of nitrogens with two attached hydrogens (primary N) is 1. The van der Waals surface area contributed by atoms with E-state index in [9.17, 15) is 0 Å². The summed E-state index contributed by atoms with van der Waals surface area (Å²) in [6.45, 7) is 2.22. The van der Waals surface area contributed by atoms with Gasteiger partial charge in [0.25, 0.3) is 0 Å². The van der Waals surface area contributed by atoms with E-state index >= 15 is 0 Å². The van der Waals surface area contributed by atoms with Gasteiger partial charge < -0.3 is 10.6 Å². The summed E-state index contributed by atoms with van der Waals surface area (Å²) in [5.74, 6) is 1.12. The highest BCUT2D eigenvalue weighted by Crippen LogP contribution is 2.29. The van der Waals surface area contributed by atoms with Gasteiger partial charge in [0, 0.05) is 28.9 Å². The molecule has 0 bridgehead atoms. The van der Waals surface area contributed by atoms with Crippen molar-refractivity contribution >= 4 is 50.6 Å². The summed E-state index contributed by atoms with van der Waals surface area (Å²) in [7, 11) is 2.13. The van der Waals surface area contributed by atoms with Crippen LogP contribution in [0, 0.1) is 0 Å². The fourth-order valence-electron chi connectivity index (χ4n) is 1.84. The van der Waals surface area contributed by atoms with Gasteiger partial charge in [-0.15, -0.1) is 0 Å². The standard InChI is InChI=1S/C13H19BrN2S2/c1-4-10(8-18-3)16(2)12-6-5-9(13(15)17)7-11(12)14/h5-7,10H,4,8H2,1-3H3,(H2,15,17). The zero-order valence-corrected chi connectivity index (χ0v) is 14.2. The number of anilines is 1. The molecular weight excluding hydrogens is 328 g/mol. The first-order chi connectivity index (χ1) is 8.51. The quantitative estimate of drug-likeness (QED) is 0.796. The Morgan fingerprint density at radius 2 is 2.22 bits per heavy atom. The molecule has 1 aromatic carbocycles. The van der Waals surface area contributed by atoms with Crippen LogP contribution in [-0.4, -0.2) is 30.1 Å². The van der Waals surface area contributed by atoms with Crippen molar-refractivity contribution < 1.29 is 0 Å². The molecule has 1 rings (SSSR count). The second-order valence-corrected chi connectivity index (χ2v) is 6.36. The summed E-state index contributed by atoms with van der Waals surface area (Å²) in [5.41, 5.74) is 7.71. The van der Waals surface area contributed by atoms with E-state index < -0.39 is 0 Å². The maximum absolute atomic E-state index is 5.64. The molecule has 5 heteroatoms. The zero-order chi connectivity index (χ0) is 13.7. The number of thiocarbonyl (C=S) groups is 1. The Morgan fingerprint density at radius 1 is 1.56 bits per heavy atom. The van der Waals surface area contributed by atoms with Gasteiger partial charge in [-0.2, -0.15) is 11.8 Å². The number of hydrogen-bond donors (Lipinski definition) is 1. The number of halogens is 1. The molecule has 0 spiro atoms. The van der Waals surface area contributed by atoms with Gasteiger partial charge in [0.15, 0.2) is 0 Å². The van der Waals surface area contributed by atoms with E-state index in [4.69, 9.17) is 18.0 Å². The largest absolute Gasteiger partial charge is 0.389 e. The molecule has 0 aliphatic rings. The van der Waals surface area contributed by atoms with Crippen LogP contribution in [0.4, 0.5) is 5.69 Å². The fraction of sp³-hybridized carbons (Fsp3) is 0.462. The number of nitrogens with zero attached hydrogens (tertiary/aromatic N) is 1. The molecule has 0 radical (unpaired) electrons. The van der Waals surface area contributed by atoms with E-state index in [1.54, 1.807) is 0 Å². The van der Waals surface area contributed by atoms with Crippen LogP contribution < -0.4 is 10.6 Å². The van der Waals surface area contributed by atoms with Gasteiger partial charge in [-0.05, 0) is 46.8 Å². The molecule has 0 amide bonds. The molecule has 0 saturated heterocycles. The lowest BCUT2D eigenvalue weighted by molar-refractivity contribution is 0.672. The first kappa shape index (κ1) is 15.8. The summed E-state index contributed by atoms with van der Waals surface area (Å²) in [4.78, 5) is 2.74. The third-order valence-corrected chi connectivity index (χ3v) is 4.58. The molecule has 0 heterocycles. The van der Waals surface area contributed by atoms with Crippen molar-refractivity contribution in [1.82, 2.24) is 0 Å². The molecule has 18 heavy (non-hydrogen) atoms. The van der Waals surface area contributed by atoms with Crippen molar-refractivity contribution in [2.45, 2.75) is 19.4 Å². The van der Waals surface area contributed by atoms with Crippen LogP contribution in [-0.2, 0) is 0 Å². The SMILES string of the molecule is CCC(CSC)N(C)c1ccc(C(N)=S)cc1Br. The van der Waals surface area contributed by atoms with Crippen LogP contribution in [0.15, 0.2) is 22.7 Å². The molecular formula is C13H19BrN2S2. The minimum atomic E-state index is 0.432. The first-order valence-electron chi connectivity index (χ1n) is 5.82. The molecule has 0 saturated carbocycles. The minimum Gasteiger partial charge on any atom is -0.389 e. The van der Waals surface area contributed by atoms with Gasteiger partial charge in [0.1, 0.15) is 4.99 Å². The summed E-state index contributed by atoms with van der Waals surface area (Å²) in [6, 6.07) is 6.57. The Hall–Kier alpha value is -0.260. The lowest BCUT2D eigenvalue weighted by Crippen LogP contribution is -2.33. The van der Waals surface area contributed by atoms with Gasteiger partial charge in [-0.1, -0.05) is 19.1 Å². The van der Waals surface area contributed by atoms with Crippen LogP contribution >= 0.6 is 39.9 Å². The van der Waals surface area contributed by atoms with Gasteiger partial charge in [-0.25, -0.2) is 0 Å². The zero-order valence-electron chi connectivity index (χ0n) is 10.9. The monoisotopic (exact) mass is 346 g/mol. The highest BCUT2D eigenvalue weighted by molar-refractivity contribution is 9.10. The molecule has 0 fully saturated rings. The van der Waals surface area contributed by atoms with Crippen molar-refractivity contribution in [3.05, 3.63) is 28.2 Å². The summed E-state index contributed by atoms with van der Waals surface area (Å²) in [5, 5.41) is 0. The Bertz CT molecular complexity index is 423. The van der Waals surface area contributed by atoms with E-state index in [2.05, 4.69) is 47.1 Å². The average Bonchev–Trinajstić information content (AvgIpc) is 2.34.